The number of rotatable bonds is 3. The van der Waals surface area contributed by atoms with E-state index >= 15 is 0 Å². The van der Waals surface area contributed by atoms with Gasteiger partial charge in [-0.05, 0) is 32.1 Å². The van der Waals surface area contributed by atoms with E-state index < -0.39 is 0 Å². The zero-order chi connectivity index (χ0) is 14.2. The summed E-state index contributed by atoms with van der Waals surface area (Å²) in [4.78, 5) is 16.5. The molecule has 5 nitrogen and oxygen atoms in total. The molecule has 0 radical (unpaired) electrons. The van der Waals surface area contributed by atoms with Crippen molar-refractivity contribution in [3.05, 3.63) is 17.5 Å². The van der Waals surface area contributed by atoms with Gasteiger partial charge in [-0.1, -0.05) is 0 Å². The highest BCUT2D eigenvalue weighted by molar-refractivity contribution is 5.78. The van der Waals surface area contributed by atoms with E-state index in [2.05, 4.69) is 25.8 Å². The Morgan fingerprint density at radius 2 is 1.90 bits per heavy atom. The Kier molecular flexibility index (Phi) is 3.45. The molecule has 1 aromatic heterocycles. The van der Waals surface area contributed by atoms with Crippen LogP contribution in [0.2, 0.25) is 0 Å². The minimum Gasteiger partial charge on any atom is -0.340 e. The Morgan fingerprint density at radius 1 is 1.10 bits per heavy atom. The molecule has 0 spiro atoms. The molecule has 2 fully saturated rings. The molecule has 0 saturated carbocycles. The second kappa shape index (κ2) is 5.44. The number of nitrogens with zero attached hydrogens (tertiary/aromatic N) is 4. The van der Waals surface area contributed by atoms with Crippen molar-refractivity contribution in [2.24, 2.45) is 0 Å². The van der Waals surface area contributed by atoms with Crippen molar-refractivity contribution >= 4 is 5.91 Å². The first kappa shape index (κ1) is 13.3. The Morgan fingerprint density at radius 3 is 2.67 bits per heavy atom. The minimum atomic E-state index is 0.378. The zero-order valence-corrected chi connectivity index (χ0v) is 12.6. The van der Waals surface area contributed by atoms with Gasteiger partial charge in [0.25, 0.3) is 0 Å². The van der Waals surface area contributed by atoms with Crippen molar-refractivity contribution in [2.45, 2.75) is 57.7 Å². The van der Waals surface area contributed by atoms with Gasteiger partial charge in [0.05, 0.1) is 6.20 Å². The molecule has 4 heterocycles. The molecule has 3 aliphatic rings. The van der Waals surface area contributed by atoms with Gasteiger partial charge in [-0.3, -0.25) is 14.4 Å². The summed E-state index contributed by atoms with van der Waals surface area (Å²) >= 11 is 0. The number of likely N-dealkylation sites (tertiary alicyclic amines) is 2. The van der Waals surface area contributed by atoms with Crippen LogP contribution in [0.15, 0.2) is 6.20 Å². The van der Waals surface area contributed by atoms with Crippen molar-refractivity contribution < 1.29 is 4.79 Å². The number of aryl methyl sites for hydroxylation is 1. The molecule has 0 N–H and O–H groups in total. The van der Waals surface area contributed by atoms with E-state index in [1.165, 1.54) is 24.1 Å². The number of carbonyl (C=O) groups excluding carboxylic acids is 1. The van der Waals surface area contributed by atoms with Crippen LogP contribution in [0.3, 0.4) is 0 Å². The first-order chi connectivity index (χ1) is 10.3. The minimum absolute atomic E-state index is 0.378. The van der Waals surface area contributed by atoms with Crippen molar-refractivity contribution in [3.8, 4) is 0 Å². The Labute approximate surface area is 125 Å². The molecule has 1 amide bonds. The van der Waals surface area contributed by atoms with Crippen LogP contribution in [0.5, 0.6) is 0 Å². The molecule has 3 aliphatic heterocycles. The third-order valence-corrected chi connectivity index (χ3v) is 5.32. The summed E-state index contributed by atoms with van der Waals surface area (Å²) < 4.78 is 2.17. The van der Waals surface area contributed by atoms with Gasteiger partial charge in [0.1, 0.15) is 0 Å². The lowest BCUT2D eigenvalue weighted by Crippen LogP contribution is -2.45. The number of fused-ring (bicyclic) bond motifs is 1. The monoisotopic (exact) mass is 288 g/mol. The highest BCUT2D eigenvalue weighted by Gasteiger charge is 2.31. The molecule has 0 bridgehead atoms. The Balaban J connectivity index is 1.34. The standard InChI is InChI=1S/C16H24N4O/c21-16-4-2-7-19(16)14-5-9-18(10-6-14)12-13-11-17-20-8-1-3-15(13)20/h11,14H,1-10,12H2. The first-order valence-corrected chi connectivity index (χ1v) is 8.36. The molecule has 5 heteroatoms. The maximum Gasteiger partial charge on any atom is 0.222 e. The summed E-state index contributed by atoms with van der Waals surface area (Å²) in [6.45, 7) is 5.34. The van der Waals surface area contributed by atoms with Crippen LogP contribution in [-0.2, 0) is 24.3 Å². The number of amides is 1. The molecule has 0 unspecified atom stereocenters. The normalized spacial score (nSPS) is 24.0. The second-order valence-corrected chi connectivity index (χ2v) is 6.64. The SMILES string of the molecule is O=C1CCCN1C1CCN(Cc2cnn3c2CCC3)CC1. The summed E-state index contributed by atoms with van der Waals surface area (Å²) in [6.07, 6.45) is 8.59. The van der Waals surface area contributed by atoms with E-state index in [0.29, 0.717) is 11.9 Å². The third kappa shape index (κ3) is 2.48. The zero-order valence-electron chi connectivity index (χ0n) is 12.6. The maximum absolute atomic E-state index is 11.8. The quantitative estimate of drug-likeness (QED) is 0.844. The lowest BCUT2D eigenvalue weighted by molar-refractivity contribution is -0.130. The molecule has 4 rings (SSSR count). The van der Waals surface area contributed by atoms with Crippen LogP contribution < -0.4 is 0 Å². The number of piperidine rings is 1. The lowest BCUT2D eigenvalue weighted by Gasteiger charge is -2.36. The summed E-state index contributed by atoms with van der Waals surface area (Å²) in [5.74, 6) is 0.378. The fourth-order valence-electron chi connectivity index (χ4n) is 4.15. The Bertz CT molecular complexity index is 530. The van der Waals surface area contributed by atoms with E-state index in [9.17, 15) is 4.79 Å². The van der Waals surface area contributed by atoms with Crippen molar-refractivity contribution in [1.82, 2.24) is 19.6 Å². The predicted molar refractivity (Wildman–Crippen MR) is 79.8 cm³/mol. The van der Waals surface area contributed by atoms with E-state index in [0.717, 1.165) is 58.4 Å². The van der Waals surface area contributed by atoms with Gasteiger partial charge in [0.15, 0.2) is 0 Å². The van der Waals surface area contributed by atoms with Crippen molar-refractivity contribution in [1.29, 1.82) is 0 Å². The van der Waals surface area contributed by atoms with E-state index in [4.69, 9.17) is 0 Å². The van der Waals surface area contributed by atoms with Crippen LogP contribution in [0.25, 0.3) is 0 Å². The van der Waals surface area contributed by atoms with Gasteiger partial charge in [0.2, 0.25) is 5.91 Å². The fraction of sp³-hybridized carbons (Fsp3) is 0.750. The van der Waals surface area contributed by atoms with Crippen molar-refractivity contribution in [2.75, 3.05) is 19.6 Å². The summed E-state index contributed by atoms with van der Waals surface area (Å²) in [5.41, 5.74) is 2.87. The molecule has 2 saturated heterocycles. The molecule has 0 aromatic carbocycles. The highest BCUT2D eigenvalue weighted by Crippen LogP contribution is 2.25. The van der Waals surface area contributed by atoms with Crippen LogP contribution in [0.1, 0.15) is 43.4 Å². The first-order valence-electron chi connectivity index (χ1n) is 8.36. The molecule has 1 aromatic rings. The second-order valence-electron chi connectivity index (χ2n) is 6.64. The summed E-state index contributed by atoms with van der Waals surface area (Å²) in [5, 5.41) is 4.49. The molecule has 21 heavy (non-hydrogen) atoms. The fourth-order valence-corrected chi connectivity index (χ4v) is 4.15. The molecule has 0 aliphatic carbocycles. The summed E-state index contributed by atoms with van der Waals surface area (Å²) in [6, 6.07) is 0.495. The predicted octanol–water partition coefficient (Wildman–Crippen LogP) is 1.42. The lowest BCUT2D eigenvalue weighted by atomic mass is 10.0. The number of hydrogen-bond donors (Lipinski definition) is 0. The van der Waals surface area contributed by atoms with E-state index in [1.807, 2.05) is 0 Å². The topological polar surface area (TPSA) is 41.4 Å². The number of aromatic nitrogens is 2. The summed E-state index contributed by atoms with van der Waals surface area (Å²) in [7, 11) is 0. The van der Waals surface area contributed by atoms with Crippen LogP contribution in [0.4, 0.5) is 0 Å². The van der Waals surface area contributed by atoms with Gasteiger partial charge in [-0.15, -0.1) is 0 Å². The number of hydrogen-bond acceptors (Lipinski definition) is 3. The largest absolute Gasteiger partial charge is 0.340 e. The average Bonchev–Trinajstić information content (AvgIpc) is 3.19. The highest BCUT2D eigenvalue weighted by atomic mass is 16.2. The van der Waals surface area contributed by atoms with Gasteiger partial charge in [-0.2, -0.15) is 5.10 Å². The molecular formula is C16H24N4O. The van der Waals surface area contributed by atoms with Crippen molar-refractivity contribution in [3.63, 3.8) is 0 Å². The molecular weight excluding hydrogens is 264 g/mol. The smallest absolute Gasteiger partial charge is 0.222 e. The van der Waals surface area contributed by atoms with Gasteiger partial charge >= 0.3 is 0 Å². The number of carbonyl (C=O) groups is 1. The van der Waals surface area contributed by atoms with Gasteiger partial charge in [-0.25, -0.2) is 0 Å². The van der Waals surface area contributed by atoms with Crippen LogP contribution in [-0.4, -0.2) is 51.2 Å². The van der Waals surface area contributed by atoms with E-state index in [1.54, 1.807) is 0 Å². The average molecular weight is 288 g/mol. The van der Waals surface area contributed by atoms with Gasteiger partial charge < -0.3 is 4.90 Å². The van der Waals surface area contributed by atoms with Gasteiger partial charge in [0, 0.05) is 56.4 Å². The maximum atomic E-state index is 11.8. The Hall–Kier alpha value is -1.36. The van der Waals surface area contributed by atoms with E-state index in [-0.39, 0.29) is 0 Å². The molecule has 114 valence electrons. The van der Waals surface area contributed by atoms with Crippen LogP contribution >= 0.6 is 0 Å². The van der Waals surface area contributed by atoms with Crippen LogP contribution in [0, 0.1) is 0 Å². The third-order valence-electron chi connectivity index (χ3n) is 5.32. The molecule has 0 atom stereocenters.